The molecule has 0 aliphatic heterocycles. The standard InChI is InChI=1S/C36H43N3O5/c1-7-8-9-10-11-24-43-30-22-16-27(17-23-30)33-39-38-32(44-33)26-14-20-29(21-15-26)36(5,34(41)42-6)37-31(40)25-12-18-28(19-13-25)35(2,3)4/h12-23H,7-11,24H2,1-6H3,(H,37,40)/t36-/m0/s1. The molecule has 0 saturated heterocycles. The van der Waals surface area contributed by atoms with Crippen molar-refractivity contribution in [2.45, 2.75) is 77.7 Å². The Kier molecular flexibility index (Phi) is 10.6. The SMILES string of the molecule is CCCCCCCOc1ccc(-c2nnc(-c3ccc([C@](C)(NC(=O)c4ccc(C(C)(C)C)cc4)C(=O)OC)cc3)o2)cc1. The lowest BCUT2D eigenvalue weighted by molar-refractivity contribution is -0.148. The van der Waals surface area contributed by atoms with Crippen molar-refractivity contribution < 1.29 is 23.5 Å². The predicted molar refractivity (Wildman–Crippen MR) is 171 cm³/mol. The fraction of sp³-hybridized carbons (Fsp3) is 0.389. The molecule has 232 valence electrons. The highest BCUT2D eigenvalue weighted by molar-refractivity contribution is 5.98. The zero-order chi connectivity index (χ0) is 31.7. The summed E-state index contributed by atoms with van der Waals surface area (Å²) < 4.78 is 16.9. The van der Waals surface area contributed by atoms with Crippen molar-refractivity contribution in [1.82, 2.24) is 15.5 Å². The number of unbranched alkanes of at least 4 members (excludes halogenated alkanes) is 4. The number of esters is 1. The summed E-state index contributed by atoms with van der Waals surface area (Å²) in [6, 6.07) is 22.0. The van der Waals surface area contributed by atoms with E-state index in [-0.39, 0.29) is 11.3 Å². The van der Waals surface area contributed by atoms with Gasteiger partial charge in [0.2, 0.25) is 11.8 Å². The van der Waals surface area contributed by atoms with Crippen LogP contribution < -0.4 is 10.1 Å². The smallest absolute Gasteiger partial charge is 0.336 e. The van der Waals surface area contributed by atoms with Crippen molar-refractivity contribution in [2.24, 2.45) is 0 Å². The topological polar surface area (TPSA) is 104 Å². The van der Waals surface area contributed by atoms with Gasteiger partial charge in [-0.2, -0.15) is 0 Å². The van der Waals surface area contributed by atoms with E-state index >= 15 is 0 Å². The molecule has 4 rings (SSSR count). The molecular formula is C36H43N3O5. The molecule has 1 heterocycles. The van der Waals surface area contributed by atoms with Crippen LogP contribution in [-0.4, -0.2) is 35.8 Å². The maximum absolute atomic E-state index is 13.2. The Balaban J connectivity index is 1.44. The molecule has 0 radical (unpaired) electrons. The van der Waals surface area contributed by atoms with Gasteiger partial charge >= 0.3 is 5.97 Å². The molecule has 0 spiro atoms. The molecule has 0 aliphatic carbocycles. The Labute approximate surface area is 260 Å². The number of hydrogen-bond donors (Lipinski definition) is 1. The summed E-state index contributed by atoms with van der Waals surface area (Å²) in [7, 11) is 1.30. The number of carbonyl (C=O) groups is 2. The van der Waals surface area contributed by atoms with E-state index in [1.807, 2.05) is 36.4 Å². The molecule has 0 fully saturated rings. The lowest BCUT2D eigenvalue weighted by atomic mass is 9.86. The maximum atomic E-state index is 13.2. The molecule has 4 aromatic rings. The Morgan fingerprint density at radius 2 is 1.30 bits per heavy atom. The van der Waals surface area contributed by atoms with Gasteiger partial charge < -0.3 is 19.2 Å². The third-order valence-electron chi connectivity index (χ3n) is 7.72. The number of aromatic nitrogens is 2. The first-order valence-electron chi connectivity index (χ1n) is 15.2. The Hall–Kier alpha value is -4.46. The van der Waals surface area contributed by atoms with Crippen LogP contribution in [0.2, 0.25) is 0 Å². The average molecular weight is 598 g/mol. The molecule has 8 heteroatoms. The quantitative estimate of drug-likeness (QED) is 0.124. The molecule has 0 saturated carbocycles. The molecule has 1 atom stereocenters. The summed E-state index contributed by atoms with van der Waals surface area (Å²) in [6.07, 6.45) is 5.97. The van der Waals surface area contributed by atoms with E-state index in [2.05, 4.69) is 43.2 Å². The second-order valence-electron chi connectivity index (χ2n) is 12.2. The lowest BCUT2D eigenvalue weighted by Crippen LogP contribution is -2.50. The van der Waals surface area contributed by atoms with Crippen molar-refractivity contribution in [3.05, 3.63) is 89.5 Å². The lowest BCUT2D eigenvalue weighted by Gasteiger charge is -2.28. The van der Waals surface area contributed by atoms with Gasteiger partial charge in [0.1, 0.15) is 5.75 Å². The van der Waals surface area contributed by atoms with E-state index in [0.717, 1.165) is 23.3 Å². The minimum absolute atomic E-state index is 0.0387. The average Bonchev–Trinajstić information content (AvgIpc) is 3.53. The predicted octanol–water partition coefficient (Wildman–Crippen LogP) is 7.87. The highest BCUT2D eigenvalue weighted by Crippen LogP contribution is 2.29. The summed E-state index contributed by atoms with van der Waals surface area (Å²) >= 11 is 0. The van der Waals surface area contributed by atoms with Gasteiger partial charge in [-0.15, -0.1) is 10.2 Å². The number of carbonyl (C=O) groups excluding carboxylic acids is 2. The summed E-state index contributed by atoms with van der Waals surface area (Å²) in [5.41, 5.74) is 2.10. The van der Waals surface area contributed by atoms with Gasteiger partial charge in [-0.05, 0) is 78.4 Å². The van der Waals surface area contributed by atoms with Crippen LogP contribution in [0.15, 0.2) is 77.2 Å². The first kappa shape index (κ1) is 32.5. The van der Waals surface area contributed by atoms with Crippen LogP contribution in [0, 0.1) is 0 Å². The summed E-state index contributed by atoms with van der Waals surface area (Å²) in [5.74, 6) is 0.560. The summed E-state index contributed by atoms with van der Waals surface area (Å²) in [6.45, 7) is 10.9. The molecule has 0 unspecified atom stereocenters. The van der Waals surface area contributed by atoms with Gasteiger partial charge in [0, 0.05) is 16.7 Å². The highest BCUT2D eigenvalue weighted by atomic mass is 16.5. The molecule has 1 amide bonds. The van der Waals surface area contributed by atoms with Crippen LogP contribution in [0.4, 0.5) is 0 Å². The minimum atomic E-state index is -1.42. The minimum Gasteiger partial charge on any atom is -0.494 e. The zero-order valence-corrected chi connectivity index (χ0v) is 26.6. The summed E-state index contributed by atoms with van der Waals surface area (Å²) in [4.78, 5) is 26.2. The van der Waals surface area contributed by atoms with E-state index < -0.39 is 11.5 Å². The van der Waals surface area contributed by atoms with Gasteiger partial charge in [0.15, 0.2) is 5.54 Å². The fourth-order valence-corrected chi connectivity index (χ4v) is 4.86. The zero-order valence-electron chi connectivity index (χ0n) is 26.6. The van der Waals surface area contributed by atoms with Crippen LogP contribution in [0.5, 0.6) is 5.75 Å². The van der Waals surface area contributed by atoms with E-state index in [9.17, 15) is 9.59 Å². The van der Waals surface area contributed by atoms with Gasteiger partial charge in [0.25, 0.3) is 5.91 Å². The first-order chi connectivity index (χ1) is 21.0. The van der Waals surface area contributed by atoms with Crippen LogP contribution in [0.1, 0.15) is 88.2 Å². The van der Waals surface area contributed by atoms with Crippen molar-refractivity contribution in [3.63, 3.8) is 0 Å². The molecule has 3 aromatic carbocycles. The molecule has 1 N–H and O–H groups in total. The third kappa shape index (κ3) is 7.92. The van der Waals surface area contributed by atoms with E-state index in [1.54, 1.807) is 43.3 Å². The van der Waals surface area contributed by atoms with E-state index in [0.29, 0.717) is 35.1 Å². The molecule has 0 aliphatic rings. The third-order valence-corrected chi connectivity index (χ3v) is 7.72. The van der Waals surface area contributed by atoms with Crippen molar-refractivity contribution in [1.29, 1.82) is 0 Å². The van der Waals surface area contributed by atoms with Gasteiger partial charge in [-0.3, -0.25) is 4.79 Å². The van der Waals surface area contributed by atoms with Crippen LogP contribution >= 0.6 is 0 Å². The highest BCUT2D eigenvalue weighted by Gasteiger charge is 2.38. The van der Waals surface area contributed by atoms with E-state index in [4.69, 9.17) is 13.9 Å². The van der Waals surface area contributed by atoms with Crippen LogP contribution in [0.25, 0.3) is 22.9 Å². The van der Waals surface area contributed by atoms with E-state index in [1.165, 1.54) is 32.8 Å². The largest absolute Gasteiger partial charge is 0.494 e. The number of nitrogens with zero attached hydrogens (tertiary/aromatic N) is 2. The number of amides is 1. The number of rotatable bonds is 13. The van der Waals surface area contributed by atoms with Crippen LogP contribution in [-0.2, 0) is 20.5 Å². The van der Waals surface area contributed by atoms with Crippen LogP contribution in [0.3, 0.4) is 0 Å². The second-order valence-corrected chi connectivity index (χ2v) is 12.2. The number of hydrogen-bond acceptors (Lipinski definition) is 7. The molecular weight excluding hydrogens is 554 g/mol. The molecule has 44 heavy (non-hydrogen) atoms. The fourth-order valence-electron chi connectivity index (χ4n) is 4.86. The number of benzene rings is 3. The summed E-state index contributed by atoms with van der Waals surface area (Å²) in [5, 5.41) is 11.3. The Bertz CT molecular complexity index is 1520. The molecule has 0 bridgehead atoms. The second kappa shape index (κ2) is 14.3. The normalized spacial score (nSPS) is 12.8. The van der Waals surface area contributed by atoms with Crippen molar-refractivity contribution >= 4 is 11.9 Å². The molecule has 1 aromatic heterocycles. The monoisotopic (exact) mass is 597 g/mol. The Morgan fingerprint density at radius 3 is 1.84 bits per heavy atom. The number of nitrogens with one attached hydrogen (secondary N) is 1. The van der Waals surface area contributed by atoms with Gasteiger partial charge in [-0.25, -0.2) is 4.79 Å². The number of ether oxygens (including phenoxy) is 2. The maximum Gasteiger partial charge on any atom is 0.336 e. The Morgan fingerprint density at radius 1 is 0.750 bits per heavy atom. The first-order valence-corrected chi connectivity index (χ1v) is 15.2. The molecule has 8 nitrogen and oxygen atoms in total. The number of methoxy groups -OCH3 is 1. The van der Waals surface area contributed by atoms with Crippen molar-refractivity contribution in [3.8, 4) is 28.7 Å². The van der Waals surface area contributed by atoms with Crippen molar-refractivity contribution in [2.75, 3.05) is 13.7 Å². The van der Waals surface area contributed by atoms with Gasteiger partial charge in [0.05, 0.1) is 13.7 Å². The van der Waals surface area contributed by atoms with Gasteiger partial charge in [-0.1, -0.05) is 77.6 Å².